The Morgan fingerprint density at radius 3 is 2.28 bits per heavy atom. The van der Waals surface area contributed by atoms with Gasteiger partial charge in [0, 0.05) is 0 Å². The molecule has 0 heterocycles. The molecule has 0 unspecified atom stereocenters. The number of fused-ring (bicyclic) bond motifs is 3. The molecule has 0 aromatic heterocycles. The maximum atomic E-state index is 2.35. The summed E-state index contributed by atoms with van der Waals surface area (Å²) in [6, 6.07) is 13.4. The van der Waals surface area contributed by atoms with Crippen molar-refractivity contribution in [1.82, 2.24) is 0 Å². The molecule has 0 N–H and O–H groups in total. The van der Waals surface area contributed by atoms with Gasteiger partial charge in [-0.1, -0.05) is 64.8 Å². The van der Waals surface area contributed by atoms with Gasteiger partial charge in [-0.25, -0.2) is 0 Å². The van der Waals surface area contributed by atoms with Gasteiger partial charge in [0.05, 0.1) is 0 Å². The zero-order chi connectivity index (χ0) is 18.8. The van der Waals surface area contributed by atoms with Crippen molar-refractivity contribution >= 4 is 30.3 Å². The molecule has 3 aromatic rings. The molecule has 2 aliphatic carbocycles. The molecule has 3 aromatic carbocycles. The van der Waals surface area contributed by atoms with Gasteiger partial charge in [0.15, 0.2) is 0 Å². The van der Waals surface area contributed by atoms with Crippen molar-refractivity contribution in [2.24, 2.45) is 0 Å². The summed E-state index contributed by atoms with van der Waals surface area (Å²) < 4.78 is 1.80. The van der Waals surface area contributed by atoms with E-state index >= 15 is 0 Å². The van der Waals surface area contributed by atoms with Crippen molar-refractivity contribution in [2.45, 2.75) is 52.4 Å². The van der Waals surface area contributed by atoms with Gasteiger partial charge in [-0.2, -0.15) is 0 Å². The molecule has 5 rings (SSSR count). The SMILES string of the molecule is Cc1cc2c([cH-]c3ccccc32)c(C2=CC=CC2)c1C.[Cl-].[Cl-].[Zr+2]=[C]1CCCCC1. The first-order valence-electron chi connectivity index (χ1n) is 10.2. The number of aryl methyl sites for hydroxylation is 1. The number of rotatable bonds is 1. The Balaban J connectivity index is 0.000000287. The van der Waals surface area contributed by atoms with Gasteiger partial charge in [-0.3, -0.25) is 0 Å². The van der Waals surface area contributed by atoms with Gasteiger partial charge in [-0.05, 0) is 20.3 Å². The molecule has 29 heavy (non-hydrogen) atoms. The first-order chi connectivity index (χ1) is 13.1. The van der Waals surface area contributed by atoms with Crippen molar-refractivity contribution in [3.63, 3.8) is 0 Å². The van der Waals surface area contributed by atoms with Crippen molar-refractivity contribution in [1.29, 1.82) is 0 Å². The van der Waals surface area contributed by atoms with Crippen LogP contribution in [-0.2, 0) is 24.2 Å². The molecular weight excluding hydrogens is 474 g/mol. The zero-order valence-electron chi connectivity index (χ0n) is 17.2. The summed E-state index contributed by atoms with van der Waals surface area (Å²) in [4.78, 5) is 0. The van der Waals surface area contributed by atoms with Crippen LogP contribution in [0.3, 0.4) is 0 Å². The second kappa shape index (κ2) is 10.9. The Kier molecular flexibility index (Phi) is 9.21. The average molecular weight is 502 g/mol. The molecule has 0 amide bonds. The van der Waals surface area contributed by atoms with E-state index in [4.69, 9.17) is 0 Å². The fourth-order valence-corrected chi connectivity index (χ4v) is 5.23. The van der Waals surface area contributed by atoms with Crippen molar-refractivity contribution in [2.75, 3.05) is 0 Å². The minimum absolute atomic E-state index is 0. The Hall–Kier alpha value is -0.877. The van der Waals surface area contributed by atoms with E-state index in [1.54, 1.807) is 27.4 Å². The molecule has 0 bridgehead atoms. The Bertz CT molecular complexity index is 1060. The van der Waals surface area contributed by atoms with Crippen LogP contribution in [0.4, 0.5) is 0 Å². The monoisotopic (exact) mass is 499 g/mol. The molecule has 1 saturated carbocycles. The molecule has 0 radical (unpaired) electrons. The summed E-state index contributed by atoms with van der Waals surface area (Å²) in [5, 5.41) is 5.52. The summed E-state index contributed by atoms with van der Waals surface area (Å²) in [5.41, 5.74) is 5.70. The third kappa shape index (κ3) is 5.25. The van der Waals surface area contributed by atoms with Gasteiger partial charge < -0.3 is 24.8 Å². The molecule has 0 nitrogen and oxygen atoms in total. The van der Waals surface area contributed by atoms with E-state index in [2.05, 4.69) is 68.5 Å². The van der Waals surface area contributed by atoms with Crippen molar-refractivity contribution < 1.29 is 49.0 Å². The van der Waals surface area contributed by atoms with Crippen LogP contribution < -0.4 is 24.8 Å². The van der Waals surface area contributed by atoms with E-state index in [1.807, 2.05) is 0 Å². The quantitative estimate of drug-likeness (QED) is 0.442. The normalized spacial score (nSPS) is 15.4. The topological polar surface area (TPSA) is 0 Å². The van der Waals surface area contributed by atoms with Crippen LogP contribution in [-0.4, -0.2) is 3.21 Å². The summed E-state index contributed by atoms with van der Waals surface area (Å²) >= 11 is 1.69. The summed E-state index contributed by atoms with van der Waals surface area (Å²) in [6.07, 6.45) is 15.0. The number of benzene rings is 2. The fraction of sp³-hybridized carbons (Fsp3) is 0.308. The molecule has 0 aliphatic heterocycles. The second-order valence-electron chi connectivity index (χ2n) is 7.87. The van der Waals surface area contributed by atoms with Gasteiger partial charge >= 0.3 is 59.5 Å². The first-order valence-corrected chi connectivity index (χ1v) is 11.4. The number of hydrogen-bond donors (Lipinski definition) is 0. The van der Waals surface area contributed by atoms with E-state index in [9.17, 15) is 0 Å². The molecule has 3 heteroatoms. The molecule has 0 spiro atoms. The predicted octanol–water partition coefficient (Wildman–Crippen LogP) is 1.35. The molecule has 0 saturated heterocycles. The number of halogens is 2. The predicted molar refractivity (Wildman–Crippen MR) is 116 cm³/mol. The standard InChI is InChI=1S/C20H17.C6H10.2ClH.Zr/c1-13-11-18-17-10-6-5-9-16(17)12-19(18)20(14(13)2)15-7-3-4-8-15;1-2-4-6-5-3-1;;;/h3-7,9-12H,8H2,1-2H3;1-5H2;2*1H;/q-1;;;;+2/p-2. The van der Waals surface area contributed by atoms with Gasteiger partial charge in [0.2, 0.25) is 0 Å². The van der Waals surface area contributed by atoms with Gasteiger partial charge in [0.25, 0.3) is 0 Å². The Labute approximate surface area is 202 Å². The summed E-state index contributed by atoms with van der Waals surface area (Å²) in [6.45, 7) is 4.48. The molecule has 1 fully saturated rings. The van der Waals surface area contributed by atoms with Gasteiger partial charge in [-0.15, -0.1) is 33.7 Å². The Morgan fingerprint density at radius 1 is 0.931 bits per heavy atom. The van der Waals surface area contributed by atoms with Crippen LogP contribution in [0.15, 0.2) is 54.6 Å². The van der Waals surface area contributed by atoms with E-state index in [-0.39, 0.29) is 24.8 Å². The van der Waals surface area contributed by atoms with Crippen molar-refractivity contribution in [3.05, 3.63) is 71.3 Å². The minimum atomic E-state index is 0. The average Bonchev–Trinajstić information content (AvgIpc) is 3.32. The first kappa shape index (κ1) is 24.4. The third-order valence-corrected chi connectivity index (χ3v) is 7.22. The van der Waals surface area contributed by atoms with E-state index in [0.717, 1.165) is 6.42 Å². The summed E-state index contributed by atoms with van der Waals surface area (Å²) in [7, 11) is 0. The van der Waals surface area contributed by atoms with Gasteiger partial charge in [0.1, 0.15) is 0 Å². The number of hydrogen-bond acceptors (Lipinski definition) is 0. The van der Waals surface area contributed by atoms with Crippen LogP contribution in [0, 0.1) is 13.8 Å². The van der Waals surface area contributed by atoms with Crippen LogP contribution >= 0.6 is 0 Å². The van der Waals surface area contributed by atoms with Crippen LogP contribution in [0.25, 0.3) is 27.1 Å². The van der Waals surface area contributed by atoms with E-state index in [0.29, 0.717) is 0 Å². The Morgan fingerprint density at radius 2 is 1.66 bits per heavy atom. The van der Waals surface area contributed by atoms with E-state index in [1.165, 1.54) is 75.9 Å². The van der Waals surface area contributed by atoms with Crippen molar-refractivity contribution in [3.8, 4) is 0 Å². The molecule has 150 valence electrons. The maximum absolute atomic E-state index is 2.35. The zero-order valence-corrected chi connectivity index (χ0v) is 21.2. The van der Waals surface area contributed by atoms with Crippen LogP contribution in [0.2, 0.25) is 0 Å². The van der Waals surface area contributed by atoms with Crippen LogP contribution in [0.5, 0.6) is 0 Å². The fourth-order valence-electron chi connectivity index (χ4n) is 4.36. The summed E-state index contributed by atoms with van der Waals surface area (Å²) in [5.74, 6) is 0. The van der Waals surface area contributed by atoms with Crippen LogP contribution in [0.1, 0.15) is 55.2 Å². The van der Waals surface area contributed by atoms with E-state index < -0.39 is 0 Å². The number of allylic oxidation sites excluding steroid dienone is 4. The molecular formula is C26H27Cl2Zr-. The molecule has 2 aliphatic rings. The second-order valence-corrected chi connectivity index (χ2v) is 9.61. The third-order valence-electron chi connectivity index (χ3n) is 5.99. The molecule has 0 atom stereocenters.